The molecule has 1 saturated carbocycles. The second kappa shape index (κ2) is 9.37. The van der Waals surface area contributed by atoms with Gasteiger partial charge in [0.25, 0.3) is 5.91 Å². The van der Waals surface area contributed by atoms with Crippen LogP contribution in [0.3, 0.4) is 0 Å². The van der Waals surface area contributed by atoms with Gasteiger partial charge in [0.05, 0.1) is 0 Å². The maximum Gasteiger partial charge on any atom is 0.255 e. The summed E-state index contributed by atoms with van der Waals surface area (Å²) in [4.78, 5) is 37.5. The van der Waals surface area contributed by atoms with Crippen molar-refractivity contribution in [2.45, 2.75) is 45.1 Å². The van der Waals surface area contributed by atoms with Gasteiger partial charge in [-0.1, -0.05) is 6.07 Å². The molecule has 178 valence electrons. The summed E-state index contributed by atoms with van der Waals surface area (Å²) in [5.41, 5.74) is 2.67. The second-order valence-electron chi connectivity index (χ2n) is 9.31. The maximum atomic E-state index is 13.0. The summed E-state index contributed by atoms with van der Waals surface area (Å²) in [6.07, 6.45) is 3.77. The molecule has 1 saturated heterocycles. The van der Waals surface area contributed by atoms with Gasteiger partial charge in [-0.15, -0.1) is 0 Å². The standard InChI is InChI=1S/C26H29N3O5/c1-15-2-6-19(27-25(31)18-4-8-22-23(13-18)34-11-10-33-22)14-21(15)29-26(32)17-3-7-20-16(12-17)5-9-24(30)28-20/h2,4,6,8,13-14,16-17,20H,3,5,7,9-12H2,1H3,(H,27,31)(H,28,30)(H,29,32). The highest BCUT2D eigenvalue weighted by Gasteiger charge is 2.37. The number of carbonyl (C=O) groups is 3. The lowest BCUT2D eigenvalue weighted by Gasteiger charge is -2.39. The lowest BCUT2D eigenvalue weighted by Crippen LogP contribution is -2.49. The van der Waals surface area contributed by atoms with Crippen LogP contribution < -0.4 is 25.4 Å². The maximum absolute atomic E-state index is 13.0. The molecule has 8 heteroatoms. The Labute approximate surface area is 198 Å². The lowest BCUT2D eigenvalue weighted by molar-refractivity contribution is -0.126. The summed E-state index contributed by atoms with van der Waals surface area (Å²) in [7, 11) is 0. The first-order chi connectivity index (χ1) is 16.5. The normalized spacial score (nSPS) is 23.3. The van der Waals surface area contributed by atoms with E-state index >= 15 is 0 Å². The minimum Gasteiger partial charge on any atom is -0.486 e. The monoisotopic (exact) mass is 463 g/mol. The molecule has 3 aliphatic rings. The van der Waals surface area contributed by atoms with Gasteiger partial charge < -0.3 is 25.4 Å². The second-order valence-corrected chi connectivity index (χ2v) is 9.31. The van der Waals surface area contributed by atoms with Gasteiger partial charge >= 0.3 is 0 Å². The molecule has 1 aliphatic carbocycles. The van der Waals surface area contributed by atoms with Crippen molar-refractivity contribution in [1.82, 2.24) is 5.32 Å². The van der Waals surface area contributed by atoms with Crippen molar-refractivity contribution in [1.29, 1.82) is 0 Å². The summed E-state index contributed by atoms with van der Waals surface area (Å²) < 4.78 is 11.1. The molecule has 3 amide bonds. The number of aryl methyl sites for hydroxylation is 1. The Balaban J connectivity index is 1.23. The first kappa shape index (κ1) is 22.3. The van der Waals surface area contributed by atoms with Crippen LogP contribution in [0.25, 0.3) is 0 Å². The Morgan fingerprint density at radius 3 is 2.65 bits per heavy atom. The average Bonchev–Trinajstić information content (AvgIpc) is 2.85. The predicted octanol–water partition coefficient (Wildman–Crippen LogP) is 3.65. The molecular weight excluding hydrogens is 434 g/mol. The number of hydrogen-bond acceptors (Lipinski definition) is 5. The van der Waals surface area contributed by atoms with Crippen LogP contribution >= 0.6 is 0 Å². The fraction of sp³-hybridized carbons (Fsp3) is 0.423. The minimum absolute atomic E-state index is 0.00578. The van der Waals surface area contributed by atoms with Crippen molar-refractivity contribution >= 4 is 29.1 Å². The number of anilines is 2. The number of ether oxygens (including phenoxy) is 2. The Kier molecular flexibility index (Phi) is 6.13. The van der Waals surface area contributed by atoms with Crippen molar-refractivity contribution in [2.75, 3.05) is 23.8 Å². The Bertz CT molecular complexity index is 1130. The van der Waals surface area contributed by atoms with E-state index in [0.29, 0.717) is 54.0 Å². The molecule has 2 fully saturated rings. The highest BCUT2D eigenvalue weighted by molar-refractivity contribution is 6.05. The predicted molar refractivity (Wildman–Crippen MR) is 127 cm³/mol. The van der Waals surface area contributed by atoms with Crippen molar-refractivity contribution < 1.29 is 23.9 Å². The fourth-order valence-corrected chi connectivity index (χ4v) is 5.06. The molecule has 2 aromatic rings. The van der Waals surface area contributed by atoms with Crippen LogP contribution in [0.2, 0.25) is 0 Å². The molecule has 2 aliphatic heterocycles. The van der Waals surface area contributed by atoms with Crippen molar-refractivity contribution in [3.63, 3.8) is 0 Å². The van der Waals surface area contributed by atoms with Gasteiger partial charge in [-0.25, -0.2) is 0 Å². The lowest BCUT2D eigenvalue weighted by atomic mass is 9.74. The molecule has 0 spiro atoms. The van der Waals surface area contributed by atoms with Crippen LogP contribution in [0.15, 0.2) is 36.4 Å². The third-order valence-electron chi connectivity index (χ3n) is 7.00. The Morgan fingerprint density at radius 2 is 1.79 bits per heavy atom. The Morgan fingerprint density at radius 1 is 0.971 bits per heavy atom. The molecule has 8 nitrogen and oxygen atoms in total. The van der Waals surface area contributed by atoms with Gasteiger partial charge in [-0.3, -0.25) is 14.4 Å². The van der Waals surface area contributed by atoms with E-state index in [1.807, 2.05) is 19.1 Å². The topological polar surface area (TPSA) is 106 Å². The highest BCUT2D eigenvalue weighted by atomic mass is 16.6. The van der Waals surface area contributed by atoms with Gasteiger partial charge in [0.15, 0.2) is 11.5 Å². The smallest absolute Gasteiger partial charge is 0.255 e. The molecule has 0 bridgehead atoms. The van der Waals surface area contributed by atoms with Crippen LogP contribution in [0.1, 0.15) is 48.0 Å². The van der Waals surface area contributed by atoms with Crippen LogP contribution in [0, 0.1) is 18.8 Å². The van der Waals surface area contributed by atoms with E-state index in [-0.39, 0.29) is 29.7 Å². The van der Waals surface area contributed by atoms with Gasteiger partial charge in [0, 0.05) is 35.3 Å². The van der Waals surface area contributed by atoms with Crippen LogP contribution in [0.4, 0.5) is 11.4 Å². The number of amides is 3. The number of rotatable bonds is 4. The number of benzene rings is 2. The molecule has 5 rings (SSSR count). The molecule has 2 aromatic carbocycles. The average molecular weight is 464 g/mol. The zero-order valence-electron chi connectivity index (χ0n) is 19.2. The van der Waals surface area contributed by atoms with E-state index in [1.165, 1.54) is 0 Å². The van der Waals surface area contributed by atoms with Gasteiger partial charge in [-0.2, -0.15) is 0 Å². The number of nitrogens with one attached hydrogen (secondary N) is 3. The molecular formula is C26H29N3O5. The minimum atomic E-state index is -0.268. The van der Waals surface area contributed by atoms with Crippen LogP contribution in [-0.4, -0.2) is 37.0 Å². The first-order valence-electron chi connectivity index (χ1n) is 11.9. The van der Waals surface area contributed by atoms with E-state index < -0.39 is 0 Å². The molecule has 3 atom stereocenters. The fourth-order valence-electron chi connectivity index (χ4n) is 5.06. The number of hydrogen-bond donors (Lipinski definition) is 3. The number of fused-ring (bicyclic) bond motifs is 2. The van der Waals surface area contributed by atoms with Gasteiger partial charge in [0.2, 0.25) is 11.8 Å². The van der Waals surface area contributed by atoms with Crippen molar-refractivity contribution in [2.24, 2.45) is 11.8 Å². The molecule has 2 heterocycles. The zero-order valence-corrected chi connectivity index (χ0v) is 19.2. The molecule has 3 unspecified atom stereocenters. The van der Waals surface area contributed by atoms with Gasteiger partial charge in [0.1, 0.15) is 13.2 Å². The van der Waals surface area contributed by atoms with Crippen molar-refractivity contribution in [3.8, 4) is 11.5 Å². The summed E-state index contributed by atoms with van der Waals surface area (Å²) in [5, 5.41) is 9.03. The first-order valence-corrected chi connectivity index (χ1v) is 11.9. The third kappa shape index (κ3) is 4.71. The number of carbonyl (C=O) groups excluding carboxylic acids is 3. The summed E-state index contributed by atoms with van der Waals surface area (Å²) in [6.45, 7) is 2.88. The van der Waals surface area contributed by atoms with E-state index in [1.54, 1.807) is 24.3 Å². The molecule has 34 heavy (non-hydrogen) atoms. The third-order valence-corrected chi connectivity index (χ3v) is 7.00. The van der Waals surface area contributed by atoms with Crippen LogP contribution in [0.5, 0.6) is 11.5 Å². The largest absolute Gasteiger partial charge is 0.486 e. The van der Waals surface area contributed by atoms with Crippen molar-refractivity contribution in [3.05, 3.63) is 47.5 Å². The van der Waals surface area contributed by atoms with E-state index in [9.17, 15) is 14.4 Å². The molecule has 0 aromatic heterocycles. The Hall–Kier alpha value is -3.55. The van der Waals surface area contributed by atoms with Crippen LogP contribution in [-0.2, 0) is 9.59 Å². The SMILES string of the molecule is Cc1ccc(NC(=O)c2ccc3c(c2)OCCO3)cc1NC(=O)C1CCC2NC(=O)CCC2C1. The highest BCUT2D eigenvalue weighted by Crippen LogP contribution is 2.36. The summed E-state index contributed by atoms with van der Waals surface area (Å²) >= 11 is 0. The summed E-state index contributed by atoms with van der Waals surface area (Å²) in [6, 6.07) is 10.8. The zero-order chi connectivity index (χ0) is 23.7. The van der Waals surface area contributed by atoms with Gasteiger partial charge in [-0.05, 0) is 74.4 Å². The van der Waals surface area contributed by atoms with E-state index in [4.69, 9.17) is 9.47 Å². The molecule has 0 radical (unpaired) electrons. The van der Waals surface area contributed by atoms with E-state index in [0.717, 1.165) is 31.2 Å². The molecule has 3 N–H and O–H groups in total. The summed E-state index contributed by atoms with van der Waals surface area (Å²) in [5.74, 6) is 1.32. The van der Waals surface area contributed by atoms with E-state index in [2.05, 4.69) is 16.0 Å². The number of piperidine rings is 1. The quantitative estimate of drug-likeness (QED) is 0.642.